The van der Waals surface area contributed by atoms with Gasteiger partial charge in [0.15, 0.2) is 0 Å². The van der Waals surface area contributed by atoms with E-state index in [-0.39, 0.29) is 29.9 Å². The van der Waals surface area contributed by atoms with Crippen LogP contribution in [0.15, 0.2) is 12.2 Å². The van der Waals surface area contributed by atoms with E-state index in [1.165, 1.54) is 0 Å². The van der Waals surface area contributed by atoms with E-state index in [1.807, 2.05) is 19.1 Å². The van der Waals surface area contributed by atoms with Gasteiger partial charge in [-0.1, -0.05) is 19.1 Å². The number of allylic oxidation sites excluding steroid dienone is 2. The Morgan fingerprint density at radius 3 is 2.94 bits per heavy atom. The molecule has 4 heteroatoms. The van der Waals surface area contributed by atoms with Crippen molar-refractivity contribution in [3.63, 3.8) is 0 Å². The second-order valence-corrected chi connectivity index (χ2v) is 5.23. The van der Waals surface area contributed by atoms with Gasteiger partial charge in [0.05, 0.1) is 12.0 Å². The first-order valence-electron chi connectivity index (χ1n) is 6.81. The molecule has 0 aromatic rings. The van der Waals surface area contributed by atoms with Crippen LogP contribution in [0.25, 0.3) is 0 Å². The molecule has 0 spiro atoms. The first kappa shape index (κ1) is 13.1. The maximum absolute atomic E-state index is 11.9. The summed E-state index contributed by atoms with van der Waals surface area (Å²) in [4.78, 5) is 23.6. The van der Waals surface area contributed by atoms with Gasteiger partial charge in [-0.3, -0.25) is 9.59 Å². The minimum Gasteiger partial charge on any atom is -0.460 e. The van der Waals surface area contributed by atoms with Gasteiger partial charge in [0.1, 0.15) is 6.10 Å². The van der Waals surface area contributed by atoms with Crippen LogP contribution < -0.4 is 5.32 Å². The molecule has 0 unspecified atom stereocenters. The van der Waals surface area contributed by atoms with Gasteiger partial charge in [0.2, 0.25) is 5.91 Å². The van der Waals surface area contributed by atoms with Gasteiger partial charge in [-0.05, 0) is 32.1 Å². The highest BCUT2D eigenvalue weighted by Gasteiger charge is 2.32. The molecule has 100 valence electrons. The predicted octanol–water partition coefficient (Wildman–Crippen LogP) is 1.94. The largest absolute Gasteiger partial charge is 0.460 e. The number of rotatable bonds is 0. The van der Waals surface area contributed by atoms with Crippen molar-refractivity contribution in [2.24, 2.45) is 5.92 Å². The number of esters is 1. The van der Waals surface area contributed by atoms with E-state index in [2.05, 4.69) is 5.32 Å². The second kappa shape index (κ2) is 6.03. The quantitative estimate of drug-likeness (QED) is 0.529. The summed E-state index contributed by atoms with van der Waals surface area (Å²) in [5, 5.41) is 2.98. The molecule has 18 heavy (non-hydrogen) atoms. The lowest BCUT2D eigenvalue weighted by molar-refractivity contribution is -0.154. The third kappa shape index (κ3) is 3.34. The van der Waals surface area contributed by atoms with Crippen LogP contribution in [0.3, 0.4) is 0 Å². The van der Waals surface area contributed by atoms with Gasteiger partial charge in [-0.2, -0.15) is 0 Å². The van der Waals surface area contributed by atoms with Crippen LogP contribution in [-0.2, 0) is 14.3 Å². The lowest BCUT2D eigenvalue weighted by Crippen LogP contribution is -2.42. The first-order valence-corrected chi connectivity index (χ1v) is 6.81. The molecule has 0 saturated heterocycles. The highest BCUT2D eigenvalue weighted by Crippen LogP contribution is 2.24. The Balaban J connectivity index is 2.06. The molecule has 1 saturated carbocycles. The second-order valence-electron chi connectivity index (χ2n) is 5.23. The summed E-state index contributed by atoms with van der Waals surface area (Å²) in [5.41, 5.74) is 0. The topological polar surface area (TPSA) is 55.4 Å². The first-order chi connectivity index (χ1) is 8.66. The zero-order valence-corrected chi connectivity index (χ0v) is 10.9. The average molecular weight is 251 g/mol. The van der Waals surface area contributed by atoms with E-state index in [0.29, 0.717) is 12.8 Å². The van der Waals surface area contributed by atoms with Gasteiger partial charge in [0.25, 0.3) is 0 Å². The average Bonchev–Trinajstić information content (AvgIpc) is 2.74. The fourth-order valence-electron chi connectivity index (χ4n) is 2.51. The number of carbonyl (C=O) groups is 2. The Morgan fingerprint density at radius 1 is 1.28 bits per heavy atom. The molecule has 1 heterocycles. The Morgan fingerprint density at radius 2 is 2.11 bits per heavy atom. The summed E-state index contributed by atoms with van der Waals surface area (Å²) in [6.07, 6.45) is 8.53. The van der Waals surface area contributed by atoms with Gasteiger partial charge in [-0.15, -0.1) is 0 Å². The molecule has 2 rings (SSSR count). The predicted molar refractivity (Wildman–Crippen MR) is 67.8 cm³/mol. The molecule has 0 radical (unpaired) electrons. The lowest BCUT2D eigenvalue weighted by Gasteiger charge is -2.23. The Bertz CT molecular complexity index is 351. The van der Waals surface area contributed by atoms with Crippen molar-refractivity contribution in [1.82, 2.24) is 5.32 Å². The number of amides is 1. The van der Waals surface area contributed by atoms with Crippen LogP contribution in [0.5, 0.6) is 0 Å². The highest BCUT2D eigenvalue weighted by molar-refractivity contribution is 5.77. The minimum absolute atomic E-state index is 0.0112. The number of ether oxygens (including phenoxy) is 1. The standard InChI is InChI=1S/C14H21NO3/c1-10-6-3-2-4-9-13(16)15-11-7-5-8-12(11)18-14(10)17/h2-3,10-12H,4-9H2,1H3,(H,15,16)/b3-2+/t10-,11+,12+/m1/s1. The molecule has 4 nitrogen and oxygen atoms in total. The van der Waals surface area contributed by atoms with Crippen molar-refractivity contribution in [3.05, 3.63) is 12.2 Å². The van der Waals surface area contributed by atoms with E-state index in [9.17, 15) is 9.59 Å². The number of hydrogen-bond donors (Lipinski definition) is 1. The van der Waals surface area contributed by atoms with Crippen LogP contribution in [0.2, 0.25) is 0 Å². The lowest BCUT2D eigenvalue weighted by atomic mass is 10.1. The van der Waals surface area contributed by atoms with Gasteiger partial charge in [0, 0.05) is 6.42 Å². The highest BCUT2D eigenvalue weighted by atomic mass is 16.5. The molecule has 1 aliphatic heterocycles. The molecule has 1 aliphatic carbocycles. The minimum atomic E-state index is -0.147. The molecule has 2 aliphatic rings. The van der Waals surface area contributed by atoms with Crippen molar-refractivity contribution >= 4 is 11.9 Å². The van der Waals surface area contributed by atoms with Gasteiger partial charge >= 0.3 is 5.97 Å². The van der Waals surface area contributed by atoms with E-state index in [0.717, 1.165) is 25.7 Å². The summed E-state index contributed by atoms with van der Waals surface area (Å²) in [5.74, 6) is -0.190. The summed E-state index contributed by atoms with van der Waals surface area (Å²) in [7, 11) is 0. The summed E-state index contributed by atoms with van der Waals surface area (Å²) in [6.45, 7) is 1.89. The van der Waals surface area contributed by atoms with Crippen LogP contribution in [0.1, 0.15) is 45.4 Å². The number of hydrogen-bond acceptors (Lipinski definition) is 3. The molecule has 1 fully saturated rings. The van der Waals surface area contributed by atoms with Crippen LogP contribution in [0.4, 0.5) is 0 Å². The third-order valence-electron chi connectivity index (χ3n) is 3.66. The molecule has 1 N–H and O–H groups in total. The van der Waals surface area contributed by atoms with Crippen LogP contribution in [-0.4, -0.2) is 24.0 Å². The van der Waals surface area contributed by atoms with E-state index in [1.54, 1.807) is 0 Å². The van der Waals surface area contributed by atoms with Crippen molar-refractivity contribution in [2.75, 3.05) is 0 Å². The fraction of sp³-hybridized carbons (Fsp3) is 0.714. The van der Waals surface area contributed by atoms with Crippen molar-refractivity contribution in [1.29, 1.82) is 0 Å². The maximum Gasteiger partial charge on any atom is 0.309 e. The number of nitrogens with one attached hydrogen (secondary N) is 1. The molecule has 0 aromatic heterocycles. The summed E-state index contributed by atoms with van der Waals surface area (Å²) in [6, 6.07) is 0.0112. The Labute approximate surface area is 108 Å². The van der Waals surface area contributed by atoms with Crippen molar-refractivity contribution in [2.45, 2.75) is 57.6 Å². The molecule has 1 amide bonds. The molecular weight excluding hydrogens is 230 g/mol. The third-order valence-corrected chi connectivity index (χ3v) is 3.66. The van der Waals surface area contributed by atoms with Crippen LogP contribution >= 0.6 is 0 Å². The summed E-state index contributed by atoms with van der Waals surface area (Å²) < 4.78 is 5.52. The maximum atomic E-state index is 11.9. The van der Waals surface area contributed by atoms with Crippen molar-refractivity contribution < 1.29 is 14.3 Å². The van der Waals surface area contributed by atoms with E-state index in [4.69, 9.17) is 4.74 Å². The SMILES string of the molecule is C[C@@H]1C/C=C/CCC(=O)N[C@H]2CCC[C@@H]2OC1=O. The van der Waals surface area contributed by atoms with Gasteiger partial charge in [-0.25, -0.2) is 0 Å². The fourth-order valence-corrected chi connectivity index (χ4v) is 2.51. The van der Waals surface area contributed by atoms with Gasteiger partial charge < -0.3 is 10.1 Å². The number of carbonyl (C=O) groups excluding carboxylic acids is 2. The normalized spacial score (nSPS) is 35.7. The number of fused-ring (bicyclic) bond motifs is 1. The molecule has 3 atom stereocenters. The Hall–Kier alpha value is -1.32. The molecule has 0 bridgehead atoms. The zero-order valence-electron chi connectivity index (χ0n) is 10.9. The van der Waals surface area contributed by atoms with E-state index < -0.39 is 0 Å². The van der Waals surface area contributed by atoms with Crippen molar-refractivity contribution in [3.8, 4) is 0 Å². The van der Waals surface area contributed by atoms with Crippen LogP contribution in [0, 0.1) is 5.92 Å². The smallest absolute Gasteiger partial charge is 0.309 e. The monoisotopic (exact) mass is 251 g/mol. The summed E-state index contributed by atoms with van der Waals surface area (Å²) >= 11 is 0. The zero-order chi connectivity index (χ0) is 13.0. The Kier molecular flexibility index (Phi) is 4.39. The van der Waals surface area contributed by atoms with E-state index >= 15 is 0 Å². The molecule has 0 aromatic carbocycles. The molecular formula is C14H21NO3.